The Labute approximate surface area is 191 Å². The van der Waals surface area contributed by atoms with Crippen molar-refractivity contribution in [2.45, 2.75) is 13.5 Å². The molecule has 0 fully saturated rings. The zero-order valence-corrected chi connectivity index (χ0v) is 19.2. The van der Waals surface area contributed by atoms with Crippen molar-refractivity contribution in [1.29, 1.82) is 0 Å². The van der Waals surface area contributed by atoms with E-state index in [0.29, 0.717) is 27.3 Å². The highest BCUT2D eigenvalue weighted by Gasteiger charge is 2.24. The molecule has 0 aliphatic heterocycles. The summed E-state index contributed by atoms with van der Waals surface area (Å²) in [4.78, 5) is 19.9. The maximum absolute atomic E-state index is 13.5. The van der Waals surface area contributed by atoms with Gasteiger partial charge in [0.2, 0.25) is 0 Å². The highest BCUT2D eigenvalue weighted by molar-refractivity contribution is 9.10. The molecule has 0 saturated heterocycles. The van der Waals surface area contributed by atoms with Crippen molar-refractivity contribution in [2.24, 2.45) is 0 Å². The largest absolute Gasteiger partial charge is 0.279 e. The van der Waals surface area contributed by atoms with Gasteiger partial charge in [0.25, 0.3) is 5.91 Å². The molecule has 3 nitrogen and oxygen atoms in total. The monoisotopic (exact) mass is 504 g/mol. The number of carbonyl (C=O) groups excluding carboxylic acids is 1. The van der Waals surface area contributed by atoms with Gasteiger partial charge < -0.3 is 0 Å². The highest BCUT2D eigenvalue weighted by atomic mass is 79.9. The van der Waals surface area contributed by atoms with Gasteiger partial charge in [-0.25, -0.2) is 4.98 Å². The highest BCUT2D eigenvalue weighted by Crippen LogP contribution is 2.35. The third-order valence-electron chi connectivity index (χ3n) is 4.55. The van der Waals surface area contributed by atoms with Gasteiger partial charge in [0.1, 0.15) is 0 Å². The lowest BCUT2D eigenvalue weighted by molar-refractivity contribution is 0.0985. The molecule has 0 saturated carbocycles. The van der Waals surface area contributed by atoms with Crippen LogP contribution in [-0.2, 0) is 6.54 Å². The molecule has 7 heteroatoms. The van der Waals surface area contributed by atoms with E-state index in [1.54, 1.807) is 17.0 Å². The van der Waals surface area contributed by atoms with Crippen LogP contribution in [0.3, 0.4) is 0 Å². The zero-order chi connectivity index (χ0) is 20.5. The number of carbonyl (C=O) groups is 1. The van der Waals surface area contributed by atoms with Crippen molar-refractivity contribution in [3.05, 3.63) is 91.9 Å². The van der Waals surface area contributed by atoms with Crippen LogP contribution in [0.1, 0.15) is 21.5 Å². The SMILES string of the molecule is Cc1c(Cl)ccc2sc(N(Cc3ccccc3)C(=O)c3cc(Br)ccc3Cl)nc12. The lowest BCUT2D eigenvalue weighted by Crippen LogP contribution is -2.30. The molecule has 0 aliphatic rings. The number of fused-ring (bicyclic) bond motifs is 1. The van der Waals surface area contributed by atoms with E-state index < -0.39 is 0 Å². The first kappa shape index (κ1) is 20.4. The Morgan fingerprint density at radius 3 is 2.55 bits per heavy atom. The summed E-state index contributed by atoms with van der Waals surface area (Å²) in [5.41, 5.74) is 3.13. The molecule has 4 rings (SSSR count). The molecule has 1 amide bonds. The smallest absolute Gasteiger partial charge is 0.261 e. The predicted octanol–water partition coefficient (Wildman–Crippen LogP) is 7.52. The second-order valence-electron chi connectivity index (χ2n) is 6.52. The van der Waals surface area contributed by atoms with E-state index in [4.69, 9.17) is 28.2 Å². The molecule has 3 aromatic carbocycles. The van der Waals surface area contributed by atoms with Crippen LogP contribution in [0.15, 0.2) is 65.1 Å². The Bertz CT molecular complexity index is 1210. The molecular formula is C22H15BrCl2N2OS. The molecule has 0 N–H and O–H groups in total. The molecule has 0 aliphatic carbocycles. The standard InChI is InChI=1S/C22H15BrCl2N2OS/c1-13-17(24)9-10-19-20(13)26-22(29-19)27(12-14-5-3-2-4-6-14)21(28)16-11-15(23)7-8-18(16)25/h2-11H,12H2,1H3. The minimum absolute atomic E-state index is 0.206. The van der Waals surface area contributed by atoms with Gasteiger partial charge in [-0.3, -0.25) is 9.69 Å². The molecule has 29 heavy (non-hydrogen) atoms. The fraction of sp³-hybridized carbons (Fsp3) is 0.0909. The average molecular weight is 506 g/mol. The van der Waals surface area contributed by atoms with Crippen molar-refractivity contribution >= 4 is 71.7 Å². The van der Waals surface area contributed by atoms with E-state index in [1.165, 1.54) is 11.3 Å². The summed E-state index contributed by atoms with van der Waals surface area (Å²) >= 11 is 17.5. The van der Waals surface area contributed by atoms with Gasteiger partial charge in [-0.15, -0.1) is 0 Å². The molecule has 1 heterocycles. The number of hydrogen-bond acceptors (Lipinski definition) is 3. The summed E-state index contributed by atoms with van der Waals surface area (Å²) in [7, 11) is 0. The molecular weight excluding hydrogens is 491 g/mol. The second kappa shape index (κ2) is 8.44. The summed E-state index contributed by atoms with van der Waals surface area (Å²) in [6.45, 7) is 2.32. The van der Waals surface area contributed by atoms with Gasteiger partial charge in [-0.05, 0) is 48.4 Å². The third kappa shape index (κ3) is 4.19. The number of aromatic nitrogens is 1. The van der Waals surface area contributed by atoms with E-state index in [1.807, 2.05) is 55.5 Å². The topological polar surface area (TPSA) is 33.2 Å². The number of amides is 1. The summed E-state index contributed by atoms with van der Waals surface area (Å²) in [6, 6.07) is 18.9. The van der Waals surface area contributed by atoms with Gasteiger partial charge in [0, 0.05) is 9.50 Å². The summed E-state index contributed by atoms with van der Waals surface area (Å²) in [5.74, 6) is -0.206. The predicted molar refractivity (Wildman–Crippen MR) is 125 cm³/mol. The van der Waals surface area contributed by atoms with E-state index in [2.05, 4.69) is 15.9 Å². The molecule has 0 bridgehead atoms. The molecule has 0 unspecified atom stereocenters. The minimum Gasteiger partial charge on any atom is -0.279 e. The van der Waals surface area contributed by atoms with Crippen LogP contribution in [0.4, 0.5) is 5.13 Å². The molecule has 146 valence electrons. The first-order valence-corrected chi connectivity index (χ1v) is 11.2. The first-order chi connectivity index (χ1) is 13.9. The Balaban J connectivity index is 1.83. The summed E-state index contributed by atoms with van der Waals surface area (Å²) in [6.07, 6.45) is 0. The molecule has 0 spiro atoms. The van der Waals surface area contributed by atoms with Gasteiger partial charge >= 0.3 is 0 Å². The molecule has 4 aromatic rings. The van der Waals surface area contributed by atoms with Crippen molar-refractivity contribution in [3.63, 3.8) is 0 Å². The third-order valence-corrected chi connectivity index (χ3v) is 6.83. The fourth-order valence-corrected chi connectivity index (χ4v) is 4.74. The van der Waals surface area contributed by atoms with Crippen LogP contribution in [-0.4, -0.2) is 10.9 Å². The van der Waals surface area contributed by atoms with Crippen molar-refractivity contribution in [2.75, 3.05) is 4.90 Å². The van der Waals surface area contributed by atoms with Crippen LogP contribution >= 0.6 is 50.5 Å². The Morgan fingerprint density at radius 1 is 1.07 bits per heavy atom. The number of aryl methyl sites for hydroxylation is 1. The van der Waals surface area contributed by atoms with Crippen LogP contribution in [0, 0.1) is 6.92 Å². The van der Waals surface area contributed by atoms with Crippen LogP contribution in [0.2, 0.25) is 10.0 Å². The van der Waals surface area contributed by atoms with Crippen LogP contribution < -0.4 is 4.90 Å². The number of rotatable bonds is 4. The fourth-order valence-electron chi connectivity index (χ4n) is 3.00. The molecule has 0 radical (unpaired) electrons. The number of benzene rings is 3. The number of hydrogen-bond donors (Lipinski definition) is 0. The van der Waals surface area contributed by atoms with Gasteiger partial charge in [-0.1, -0.05) is 80.8 Å². The summed E-state index contributed by atoms with van der Waals surface area (Å²) < 4.78 is 1.77. The number of thiazole rings is 1. The second-order valence-corrected chi connectivity index (χ2v) is 9.26. The van der Waals surface area contributed by atoms with Crippen LogP contribution in [0.5, 0.6) is 0 Å². The van der Waals surface area contributed by atoms with Gasteiger partial charge in [0.15, 0.2) is 5.13 Å². The molecule has 1 aromatic heterocycles. The van der Waals surface area contributed by atoms with Crippen molar-refractivity contribution in [3.8, 4) is 0 Å². The zero-order valence-electron chi connectivity index (χ0n) is 15.3. The number of anilines is 1. The van der Waals surface area contributed by atoms with Gasteiger partial charge in [0.05, 0.1) is 27.3 Å². The van der Waals surface area contributed by atoms with E-state index in [9.17, 15) is 4.79 Å². The minimum atomic E-state index is -0.206. The Hall–Kier alpha value is -1.92. The van der Waals surface area contributed by atoms with Gasteiger partial charge in [-0.2, -0.15) is 0 Å². The molecule has 0 atom stereocenters. The van der Waals surface area contributed by atoms with E-state index >= 15 is 0 Å². The van der Waals surface area contributed by atoms with E-state index in [0.717, 1.165) is 25.8 Å². The van der Waals surface area contributed by atoms with E-state index in [-0.39, 0.29) is 5.91 Å². The van der Waals surface area contributed by atoms with Crippen molar-refractivity contribution < 1.29 is 4.79 Å². The summed E-state index contributed by atoms with van der Waals surface area (Å²) in [5, 5.41) is 1.66. The lowest BCUT2D eigenvalue weighted by atomic mass is 10.1. The number of halogens is 3. The van der Waals surface area contributed by atoms with Crippen molar-refractivity contribution in [1.82, 2.24) is 4.98 Å². The Morgan fingerprint density at radius 2 is 1.79 bits per heavy atom. The Kier molecular flexibility index (Phi) is 5.93. The normalized spacial score (nSPS) is 11.0. The number of nitrogens with zero attached hydrogens (tertiary/aromatic N) is 2. The quantitative estimate of drug-likeness (QED) is 0.287. The first-order valence-electron chi connectivity index (χ1n) is 8.80. The average Bonchev–Trinajstić information content (AvgIpc) is 3.16. The maximum Gasteiger partial charge on any atom is 0.261 e. The lowest BCUT2D eigenvalue weighted by Gasteiger charge is -2.21. The maximum atomic E-state index is 13.5. The van der Waals surface area contributed by atoms with Crippen LogP contribution in [0.25, 0.3) is 10.2 Å².